The smallest absolute Gasteiger partial charge is 0 e. The fourth-order valence-electron chi connectivity index (χ4n) is 0. The van der Waals surface area contributed by atoms with Crippen molar-refractivity contribution in [2.24, 2.45) is 0 Å². The van der Waals surface area contributed by atoms with E-state index in [4.69, 9.17) is 0 Å². The van der Waals surface area contributed by atoms with Crippen molar-refractivity contribution in [3.05, 3.63) is 0 Å². The molecule has 0 atom stereocenters. The van der Waals surface area contributed by atoms with E-state index in [1.54, 1.807) is 21.1 Å². The summed E-state index contributed by atoms with van der Waals surface area (Å²) in [6, 6.07) is 0. The monoisotopic (exact) mass is 215 g/mol. The van der Waals surface area contributed by atoms with Crippen LogP contribution in [0.15, 0.2) is 0 Å². The Kier molecular flexibility index (Phi) is 91.5. The summed E-state index contributed by atoms with van der Waals surface area (Å²) >= 11 is 1.75. The molecule has 3 heteroatoms. The van der Waals surface area contributed by atoms with Crippen LogP contribution in [-0.4, -0.2) is 0 Å². The third-order valence-corrected chi connectivity index (χ3v) is 0. The van der Waals surface area contributed by atoms with Crippen LogP contribution in [0.1, 0.15) is 0 Å². The van der Waals surface area contributed by atoms with Gasteiger partial charge in [0.05, 0.1) is 0 Å². The average molecular weight is 215 g/mol. The van der Waals surface area contributed by atoms with E-state index < -0.39 is 0 Å². The minimum atomic E-state index is 0. The molecule has 4 heavy (non-hydrogen) atoms. The van der Waals surface area contributed by atoms with Gasteiger partial charge in [0.2, 0.25) is 0 Å². The normalized spacial score (nSPS) is 1.25. The van der Waals surface area contributed by atoms with E-state index in [1.807, 2.05) is 0 Å². The molecular formula is CH3CrMnNb. The Labute approximate surface area is 60.2 Å². The molecular weight excluding hydrogens is 212 g/mol. The van der Waals surface area contributed by atoms with Gasteiger partial charge >= 0.3 is 26.2 Å². The zero-order valence-corrected chi connectivity index (χ0v) is 6.89. The second kappa shape index (κ2) is 21.5. The van der Waals surface area contributed by atoms with E-state index in [-0.39, 0.29) is 34.4 Å². The van der Waals surface area contributed by atoms with Crippen LogP contribution in [0.3, 0.4) is 0 Å². The van der Waals surface area contributed by atoms with Gasteiger partial charge in [-0.1, -0.05) is 0 Å². The van der Waals surface area contributed by atoms with Gasteiger partial charge in [0.1, 0.15) is 0 Å². The molecule has 0 aliphatic rings. The van der Waals surface area contributed by atoms with Crippen LogP contribution in [0.5, 0.6) is 0 Å². The predicted octanol–water partition coefficient (Wildman–Crippen LogP) is 0.576. The van der Waals surface area contributed by atoms with Crippen molar-refractivity contribution in [2.45, 2.75) is 5.14 Å². The molecule has 0 rings (SSSR count). The van der Waals surface area contributed by atoms with Crippen LogP contribution in [0.25, 0.3) is 0 Å². The quantitative estimate of drug-likeness (QED) is 0.518. The Morgan fingerprint density at radius 1 is 1.25 bits per heavy atom. The predicted molar refractivity (Wildman–Crippen MR) is 5.86 cm³/mol. The van der Waals surface area contributed by atoms with Crippen molar-refractivity contribution in [2.75, 3.05) is 0 Å². The maximum absolute atomic E-state index is 2.05. The summed E-state index contributed by atoms with van der Waals surface area (Å²) < 4.78 is 0. The van der Waals surface area contributed by atoms with Gasteiger partial charge in [0, 0.05) is 34.4 Å². The molecule has 0 aromatic heterocycles. The molecule has 0 fully saturated rings. The van der Waals surface area contributed by atoms with Crippen molar-refractivity contribution in [3.8, 4) is 0 Å². The van der Waals surface area contributed by atoms with Crippen LogP contribution in [0, 0.1) is 0 Å². The summed E-state index contributed by atoms with van der Waals surface area (Å²) in [5, 5.41) is 2.05. The Morgan fingerprint density at radius 2 is 1.25 bits per heavy atom. The third-order valence-electron chi connectivity index (χ3n) is 0. The first kappa shape index (κ1) is 17.1. The second-order valence-corrected chi connectivity index (χ2v) is 0. The molecule has 0 saturated heterocycles. The number of hydrogen-bond donors (Lipinski definition) is 0. The van der Waals surface area contributed by atoms with Crippen LogP contribution in [-0.2, 0) is 55.5 Å². The standard InChI is InChI=1S/CH3.Cr.Mn.Nb/h1H3;;;. The van der Waals surface area contributed by atoms with E-state index in [0.717, 1.165) is 0 Å². The van der Waals surface area contributed by atoms with Crippen LogP contribution < -0.4 is 0 Å². The van der Waals surface area contributed by atoms with Crippen LogP contribution in [0.2, 0.25) is 5.14 Å². The maximum atomic E-state index is 2.05. The Morgan fingerprint density at radius 3 is 1.25 bits per heavy atom. The van der Waals surface area contributed by atoms with Gasteiger partial charge in [-0.15, -0.1) is 0 Å². The Bertz CT molecular complexity index is 8.00. The molecule has 0 heterocycles. The first-order chi connectivity index (χ1) is 1.00. The molecule has 1 radical (unpaired) electrons. The second-order valence-electron chi connectivity index (χ2n) is 0. The molecule has 0 N–H and O–H groups in total. The minimum Gasteiger partial charge on any atom is 0 e. The Balaban J connectivity index is -0.00000000500. The molecule has 0 spiro atoms. The topological polar surface area (TPSA) is 0 Å². The molecule has 0 nitrogen and oxygen atoms in total. The van der Waals surface area contributed by atoms with E-state index in [1.165, 1.54) is 0 Å². The first-order valence-corrected chi connectivity index (χ1v) is 2.65. The molecule has 0 saturated carbocycles. The average Bonchev–Trinajstić information content (AvgIpc) is 1.00. The van der Waals surface area contributed by atoms with Gasteiger partial charge in [-0.05, 0) is 0 Å². The first-order valence-electron chi connectivity index (χ1n) is 0.447. The van der Waals surface area contributed by atoms with E-state index in [9.17, 15) is 0 Å². The SMILES string of the molecule is [CH3][Nb].[Cr].[Mn]. The van der Waals surface area contributed by atoms with E-state index in [0.29, 0.717) is 0 Å². The molecule has 0 bridgehead atoms. The summed E-state index contributed by atoms with van der Waals surface area (Å²) in [7, 11) is 0. The van der Waals surface area contributed by atoms with Gasteiger partial charge in [0.25, 0.3) is 0 Å². The maximum Gasteiger partial charge on any atom is 0 e. The van der Waals surface area contributed by atoms with Gasteiger partial charge in [0.15, 0.2) is 0 Å². The summed E-state index contributed by atoms with van der Waals surface area (Å²) in [6.07, 6.45) is 0. The van der Waals surface area contributed by atoms with Crippen molar-refractivity contribution < 1.29 is 55.5 Å². The molecule has 0 aromatic rings. The van der Waals surface area contributed by atoms with Crippen molar-refractivity contribution in [1.82, 2.24) is 0 Å². The van der Waals surface area contributed by atoms with Gasteiger partial charge in [-0.25, -0.2) is 0 Å². The zero-order chi connectivity index (χ0) is 2.00. The molecule has 0 aromatic carbocycles. The zero-order valence-electron chi connectivity index (χ0n) is 2.23. The van der Waals surface area contributed by atoms with Crippen molar-refractivity contribution in [1.29, 1.82) is 0 Å². The van der Waals surface area contributed by atoms with E-state index >= 15 is 0 Å². The largest absolute Gasteiger partial charge is 0 e. The summed E-state index contributed by atoms with van der Waals surface area (Å²) in [5.74, 6) is 0. The van der Waals surface area contributed by atoms with Gasteiger partial charge in [-0.2, -0.15) is 0 Å². The molecule has 0 unspecified atom stereocenters. The Hall–Kier alpha value is 1.79. The summed E-state index contributed by atoms with van der Waals surface area (Å²) in [5.41, 5.74) is 0. The minimum absolute atomic E-state index is 0. The summed E-state index contributed by atoms with van der Waals surface area (Å²) in [4.78, 5) is 0. The van der Waals surface area contributed by atoms with Crippen molar-refractivity contribution in [3.63, 3.8) is 0 Å². The van der Waals surface area contributed by atoms with Crippen LogP contribution >= 0.6 is 0 Å². The fourth-order valence-corrected chi connectivity index (χ4v) is 0. The van der Waals surface area contributed by atoms with Crippen molar-refractivity contribution >= 4 is 0 Å². The van der Waals surface area contributed by atoms with E-state index in [2.05, 4.69) is 5.14 Å². The summed E-state index contributed by atoms with van der Waals surface area (Å²) in [6.45, 7) is 0. The van der Waals surface area contributed by atoms with Crippen LogP contribution in [0.4, 0.5) is 0 Å². The number of rotatable bonds is 0. The third kappa shape index (κ3) is 9.20. The fraction of sp³-hybridized carbons (Fsp3) is 1.00. The molecule has 0 aliphatic carbocycles. The van der Waals surface area contributed by atoms with Gasteiger partial charge in [-0.3, -0.25) is 0 Å². The molecule has 0 aliphatic heterocycles. The molecule has 25 valence electrons. The van der Waals surface area contributed by atoms with Gasteiger partial charge < -0.3 is 0 Å². The number of hydrogen-bond acceptors (Lipinski definition) is 0. The molecule has 0 amide bonds.